The molecule has 0 aliphatic carbocycles. The van der Waals surface area contributed by atoms with Gasteiger partial charge in [-0.3, -0.25) is 0 Å². The third-order valence-corrected chi connectivity index (χ3v) is 4.99. The highest BCUT2D eigenvalue weighted by atomic mass is 19.4. The zero-order chi connectivity index (χ0) is 19.8. The fourth-order valence-electron chi connectivity index (χ4n) is 3.53. The van der Waals surface area contributed by atoms with E-state index in [-0.39, 0.29) is 17.2 Å². The number of hydrogen-bond acceptors (Lipinski definition) is 5. The molecule has 1 saturated heterocycles. The van der Waals surface area contributed by atoms with Gasteiger partial charge in [-0.25, -0.2) is 0 Å². The molecule has 1 fully saturated rings. The molecule has 8 heteroatoms. The van der Waals surface area contributed by atoms with Crippen LogP contribution in [-0.2, 0) is 6.18 Å². The van der Waals surface area contributed by atoms with E-state index in [9.17, 15) is 23.4 Å². The summed E-state index contributed by atoms with van der Waals surface area (Å²) in [6, 6.07) is 4.44. The largest absolute Gasteiger partial charge is 0.507 e. The molecule has 1 aromatic heterocycles. The van der Waals surface area contributed by atoms with Crippen LogP contribution in [0.2, 0.25) is 0 Å². The van der Waals surface area contributed by atoms with Gasteiger partial charge in [-0.2, -0.15) is 18.3 Å². The number of aromatic nitrogens is 2. The number of piperidine rings is 1. The number of rotatable bonds is 3. The standard InChI is InChI=1S/C19H22F3N3O2/c1-11-8-15(18(27)12-4-3-7-25(2)10-12)23-24-17(11)14-6-5-13(9-16(14)26)19(20,21)22/h5-6,8-9,12,18,26-27H,3-4,7,10H2,1-2H3/t12-,18+/m1/s1. The molecule has 2 N–H and O–H groups in total. The van der Waals surface area contributed by atoms with Crippen LogP contribution < -0.4 is 0 Å². The highest BCUT2D eigenvalue weighted by Crippen LogP contribution is 2.37. The number of hydrogen-bond donors (Lipinski definition) is 2. The van der Waals surface area contributed by atoms with Crippen molar-refractivity contribution in [3.63, 3.8) is 0 Å². The molecule has 2 heterocycles. The summed E-state index contributed by atoms with van der Waals surface area (Å²) in [5.41, 5.74) is 0.591. The molecule has 0 bridgehead atoms. The van der Waals surface area contributed by atoms with Crippen molar-refractivity contribution >= 4 is 0 Å². The van der Waals surface area contributed by atoms with Gasteiger partial charge in [0.1, 0.15) is 11.9 Å². The van der Waals surface area contributed by atoms with Crippen LogP contribution in [-0.4, -0.2) is 45.4 Å². The van der Waals surface area contributed by atoms with Crippen LogP contribution in [0.5, 0.6) is 5.75 Å². The van der Waals surface area contributed by atoms with E-state index in [0.717, 1.165) is 32.0 Å². The third kappa shape index (κ3) is 4.22. The van der Waals surface area contributed by atoms with E-state index < -0.39 is 23.6 Å². The third-order valence-electron chi connectivity index (χ3n) is 4.99. The van der Waals surface area contributed by atoms with Gasteiger partial charge in [-0.05, 0) is 63.2 Å². The molecule has 0 unspecified atom stereocenters. The number of aliphatic hydroxyl groups excluding tert-OH is 1. The van der Waals surface area contributed by atoms with Gasteiger partial charge in [0.15, 0.2) is 0 Å². The van der Waals surface area contributed by atoms with Gasteiger partial charge in [0, 0.05) is 18.0 Å². The van der Waals surface area contributed by atoms with Crippen LogP contribution in [0.25, 0.3) is 11.3 Å². The Morgan fingerprint density at radius 3 is 2.56 bits per heavy atom. The Kier molecular flexibility index (Phi) is 5.39. The van der Waals surface area contributed by atoms with Crippen LogP contribution >= 0.6 is 0 Å². The lowest BCUT2D eigenvalue weighted by Gasteiger charge is -2.32. The first-order chi connectivity index (χ1) is 12.7. The lowest BCUT2D eigenvalue weighted by atomic mass is 9.90. The minimum Gasteiger partial charge on any atom is -0.507 e. The van der Waals surface area contributed by atoms with Gasteiger partial charge in [-0.15, -0.1) is 5.10 Å². The molecule has 5 nitrogen and oxygen atoms in total. The molecule has 2 aromatic rings. The monoisotopic (exact) mass is 381 g/mol. The lowest BCUT2D eigenvalue weighted by Crippen LogP contribution is -2.35. The quantitative estimate of drug-likeness (QED) is 0.851. The summed E-state index contributed by atoms with van der Waals surface area (Å²) < 4.78 is 38.3. The molecule has 0 radical (unpaired) electrons. The van der Waals surface area contributed by atoms with Crippen molar-refractivity contribution < 1.29 is 23.4 Å². The van der Waals surface area contributed by atoms with Gasteiger partial charge in [0.05, 0.1) is 17.0 Å². The maximum Gasteiger partial charge on any atom is 0.416 e. The average Bonchev–Trinajstić information content (AvgIpc) is 2.60. The number of phenols is 1. The van der Waals surface area contributed by atoms with Gasteiger partial charge in [0.25, 0.3) is 0 Å². The van der Waals surface area contributed by atoms with E-state index in [2.05, 4.69) is 15.1 Å². The first kappa shape index (κ1) is 19.6. The molecule has 1 aliphatic rings. The number of benzene rings is 1. The van der Waals surface area contributed by atoms with E-state index >= 15 is 0 Å². The Hall–Kier alpha value is -2.19. The van der Waals surface area contributed by atoms with Gasteiger partial charge in [0.2, 0.25) is 0 Å². The number of halogens is 3. The number of likely N-dealkylation sites (tertiary alicyclic amines) is 1. The zero-order valence-electron chi connectivity index (χ0n) is 15.2. The molecule has 0 saturated carbocycles. The number of aryl methyl sites for hydroxylation is 1. The average molecular weight is 381 g/mol. The summed E-state index contributed by atoms with van der Waals surface area (Å²) in [7, 11) is 2.01. The molecular weight excluding hydrogens is 359 g/mol. The van der Waals surface area contributed by atoms with E-state index in [1.54, 1.807) is 13.0 Å². The normalized spacial score (nSPS) is 19.9. The van der Waals surface area contributed by atoms with Crippen molar-refractivity contribution in [3.8, 4) is 17.0 Å². The van der Waals surface area contributed by atoms with Crippen LogP contribution in [0.3, 0.4) is 0 Å². The summed E-state index contributed by atoms with van der Waals surface area (Å²) in [5, 5.41) is 28.8. The van der Waals surface area contributed by atoms with Crippen molar-refractivity contribution in [2.24, 2.45) is 5.92 Å². The summed E-state index contributed by atoms with van der Waals surface area (Å²) >= 11 is 0. The van der Waals surface area contributed by atoms with Gasteiger partial charge < -0.3 is 15.1 Å². The minimum absolute atomic E-state index is 0.0581. The minimum atomic E-state index is -4.53. The summed E-state index contributed by atoms with van der Waals surface area (Å²) in [5.74, 6) is -0.452. The molecule has 3 rings (SSSR count). The van der Waals surface area contributed by atoms with E-state index in [0.29, 0.717) is 17.3 Å². The van der Waals surface area contributed by atoms with Crippen LogP contribution in [0.1, 0.15) is 35.8 Å². The van der Waals surface area contributed by atoms with Crippen molar-refractivity contribution in [1.29, 1.82) is 0 Å². The molecule has 146 valence electrons. The Morgan fingerprint density at radius 1 is 1.22 bits per heavy atom. The molecule has 27 heavy (non-hydrogen) atoms. The van der Waals surface area contributed by atoms with E-state index in [4.69, 9.17) is 0 Å². The number of phenolic OH excluding ortho intramolecular Hbond substituents is 1. The fraction of sp³-hybridized carbons (Fsp3) is 0.474. The number of alkyl halides is 3. The first-order valence-electron chi connectivity index (χ1n) is 8.78. The number of nitrogens with zero attached hydrogens (tertiary/aromatic N) is 3. The zero-order valence-corrected chi connectivity index (χ0v) is 15.2. The first-order valence-corrected chi connectivity index (χ1v) is 8.78. The van der Waals surface area contributed by atoms with Gasteiger partial charge in [-0.1, -0.05) is 0 Å². The highest BCUT2D eigenvalue weighted by molar-refractivity contribution is 5.69. The van der Waals surface area contributed by atoms with Crippen LogP contribution in [0, 0.1) is 12.8 Å². The Balaban J connectivity index is 1.87. The topological polar surface area (TPSA) is 69.5 Å². The summed E-state index contributed by atoms with van der Waals surface area (Å²) in [6.45, 7) is 3.49. The smallest absolute Gasteiger partial charge is 0.416 e. The molecule has 1 aromatic carbocycles. The van der Waals surface area contributed by atoms with Crippen LogP contribution in [0.4, 0.5) is 13.2 Å². The number of aromatic hydroxyl groups is 1. The molecule has 0 amide bonds. The predicted molar refractivity (Wildman–Crippen MR) is 94.1 cm³/mol. The van der Waals surface area contributed by atoms with Crippen molar-refractivity contribution in [1.82, 2.24) is 15.1 Å². The fourth-order valence-corrected chi connectivity index (χ4v) is 3.53. The molecule has 2 atom stereocenters. The highest BCUT2D eigenvalue weighted by Gasteiger charge is 2.31. The maximum atomic E-state index is 12.8. The SMILES string of the molecule is Cc1cc([C@@H](O)[C@@H]2CCCN(C)C2)nnc1-c1ccc(C(F)(F)F)cc1O. The van der Waals surface area contributed by atoms with Crippen LogP contribution in [0.15, 0.2) is 24.3 Å². The Bertz CT molecular complexity index is 826. The van der Waals surface area contributed by atoms with Crippen molar-refractivity contribution in [2.45, 2.75) is 32.0 Å². The van der Waals surface area contributed by atoms with Crippen molar-refractivity contribution in [3.05, 3.63) is 41.1 Å². The summed E-state index contributed by atoms with van der Waals surface area (Å²) in [6.07, 6.45) is -3.39. The maximum absolute atomic E-state index is 12.8. The second-order valence-corrected chi connectivity index (χ2v) is 7.14. The molecule has 1 aliphatic heterocycles. The van der Waals surface area contributed by atoms with Crippen molar-refractivity contribution in [2.75, 3.05) is 20.1 Å². The Labute approximate surface area is 155 Å². The lowest BCUT2D eigenvalue weighted by molar-refractivity contribution is -0.137. The van der Waals surface area contributed by atoms with E-state index in [1.807, 2.05) is 7.05 Å². The van der Waals surface area contributed by atoms with E-state index in [1.165, 1.54) is 6.07 Å². The molecule has 0 spiro atoms. The second-order valence-electron chi connectivity index (χ2n) is 7.14. The predicted octanol–water partition coefficient (Wildman–Crippen LogP) is 3.55. The Morgan fingerprint density at radius 2 is 1.96 bits per heavy atom. The molecular formula is C19H22F3N3O2. The number of aliphatic hydroxyl groups is 1. The summed E-state index contributed by atoms with van der Waals surface area (Å²) in [4.78, 5) is 2.16. The second kappa shape index (κ2) is 7.44. The van der Waals surface area contributed by atoms with Gasteiger partial charge >= 0.3 is 6.18 Å².